The predicted molar refractivity (Wildman–Crippen MR) is 69.8 cm³/mol. The second-order valence-electron chi connectivity index (χ2n) is 5.42. The summed E-state index contributed by atoms with van der Waals surface area (Å²) in [6, 6.07) is -0.530. The number of rotatable bonds is 4. The molecule has 0 bridgehead atoms. The van der Waals surface area contributed by atoms with E-state index >= 15 is 0 Å². The molecular weight excluding hydrogens is 262 g/mol. The minimum absolute atomic E-state index is 0.189. The van der Waals surface area contributed by atoms with E-state index in [9.17, 15) is 19.5 Å². The Morgan fingerprint density at radius 3 is 2.50 bits per heavy atom. The van der Waals surface area contributed by atoms with E-state index in [0.29, 0.717) is 32.4 Å². The van der Waals surface area contributed by atoms with Gasteiger partial charge in [-0.3, -0.25) is 9.59 Å². The molecule has 0 spiro atoms. The van der Waals surface area contributed by atoms with Gasteiger partial charge >= 0.3 is 11.9 Å². The number of ether oxygens (including phenoxy) is 1. The van der Waals surface area contributed by atoms with E-state index in [-0.39, 0.29) is 11.9 Å². The van der Waals surface area contributed by atoms with Crippen molar-refractivity contribution in [1.29, 1.82) is 0 Å². The quantitative estimate of drug-likeness (QED) is 0.779. The van der Waals surface area contributed by atoms with Gasteiger partial charge in [0.05, 0.1) is 18.4 Å². The molecule has 1 N–H and O–H groups in total. The molecule has 2 fully saturated rings. The lowest BCUT2D eigenvalue weighted by Gasteiger charge is -2.27. The molecule has 0 aromatic carbocycles. The molecule has 6 heteroatoms. The number of carboxylic acids is 1. The van der Waals surface area contributed by atoms with Crippen LogP contribution in [0.25, 0.3) is 0 Å². The third-order valence-corrected chi connectivity index (χ3v) is 4.24. The van der Waals surface area contributed by atoms with Crippen LogP contribution >= 0.6 is 0 Å². The first-order valence-electron chi connectivity index (χ1n) is 7.26. The molecular formula is C14H21NO5. The van der Waals surface area contributed by atoms with Crippen LogP contribution in [0.1, 0.15) is 39.0 Å². The van der Waals surface area contributed by atoms with Crippen molar-refractivity contribution in [2.45, 2.75) is 45.1 Å². The Labute approximate surface area is 118 Å². The second kappa shape index (κ2) is 6.24. The fraction of sp³-hybridized carbons (Fsp3) is 0.786. The number of carbonyl (C=O) groups is 3. The molecule has 0 aromatic heterocycles. The smallest absolute Gasteiger partial charge is 0.328 e. The van der Waals surface area contributed by atoms with Crippen molar-refractivity contribution in [3.05, 3.63) is 0 Å². The van der Waals surface area contributed by atoms with E-state index in [4.69, 9.17) is 4.74 Å². The van der Waals surface area contributed by atoms with Crippen LogP contribution in [0.3, 0.4) is 0 Å². The Morgan fingerprint density at radius 2 is 1.85 bits per heavy atom. The van der Waals surface area contributed by atoms with Crippen LogP contribution in [0.2, 0.25) is 0 Å². The number of esters is 1. The van der Waals surface area contributed by atoms with Crippen LogP contribution in [0.4, 0.5) is 0 Å². The van der Waals surface area contributed by atoms with Crippen molar-refractivity contribution in [2.75, 3.05) is 13.2 Å². The summed E-state index contributed by atoms with van der Waals surface area (Å²) < 4.78 is 4.99. The van der Waals surface area contributed by atoms with Gasteiger partial charge < -0.3 is 14.7 Å². The molecule has 3 unspecified atom stereocenters. The maximum atomic E-state index is 12.5. The van der Waals surface area contributed by atoms with Crippen LogP contribution in [0, 0.1) is 11.8 Å². The molecule has 1 saturated carbocycles. The highest BCUT2D eigenvalue weighted by Crippen LogP contribution is 2.35. The Morgan fingerprint density at radius 1 is 1.15 bits per heavy atom. The van der Waals surface area contributed by atoms with E-state index in [0.717, 1.165) is 12.8 Å². The highest BCUT2D eigenvalue weighted by molar-refractivity contribution is 5.89. The number of aliphatic carboxylic acids is 1. The van der Waals surface area contributed by atoms with Crippen LogP contribution < -0.4 is 0 Å². The predicted octanol–water partition coefficient (Wildman–Crippen LogP) is 1.04. The van der Waals surface area contributed by atoms with E-state index in [1.807, 2.05) is 0 Å². The van der Waals surface area contributed by atoms with Crippen molar-refractivity contribution in [3.8, 4) is 0 Å². The molecule has 3 atom stereocenters. The average Bonchev–Trinajstić information content (AvgIpc) is 3.07. The molecule has 1 aliphatic heterocycles. The summed E-state index contributed by atoms with van der Waals surface area (Å²) in [6.45, 7) is 2.54. The van der Waals surface area contributed by atoms with Crippen LogP contribution in [0.15, 0.2) is 0 Å². The van der Waals surface area contributed by atoms with Crippen molar-refractivity contribution >= 4 is 17.8 Å². The highest BCUT2D eigenvalue weighted by Gasteiger charge is 2.44. The van der Waals surface area contributed by atoms with Gasteiger partial charge in [0.2, 0.25) is 5.91 Å². The monoisotopic (exact) mass is 283 g/mol. The Bertz CT molecular complexity index is 408. The Balaban J connectivity index is 2.07. The van der Waals surface area contributed by atoms with Gasteiger partial charge in [-0.05, 0) is 32.6 Å². The Hall–Kier alpha value is -1.59. The lowest BCUT2D eigenvalue weighted by molar-refractivity contribution is -0.156. The van der Waals surface area contributed by atoms with Crippen molar-refractivity contribution in [2.24, 2.45) is 11.8 Å². The number of nitrogens with zero attached hydrogens (tertiary/aromatic N) is 1. The molecule has 20 heavy (non-hydrogen) atoms. The maximum absolute atomic E-state index is 12.5. The van der Waals surface area contributed by atoms with Crippen molar-refractivity contribution < 1.29 is 24.2 Å². The van der Waals surface area contributed by atoms with Gasteiger partial charge in [-0.25, -0.2) is 4.79 Å². The first-order valence-corrected chi connectivity index (χ1v) is 7.26. The zero-order valence-corrected chi connectivity index (χ0v) is 11.7. The third kappa shape index (κ3) is 2.78. The first-order chi connectivity index (χ1) is 9.56. The molecule has 1 saturated heterocycles. The van der Waals surface area contributed by atoms with Gasteiger partial charge in [0.15, 0.2) is 0 Å². The molecule has 1 aliphatic carbocycles. The largest absolute Gasteiger partial charge is 0.481 e. The summed E-state index contributed by atoms with van der Waals surface area (Å²) in [5.41, 5.74) is 0. The summed E-state index contributed by atoms with van der Waals surface area (Å²) in [6.07, 6.45) is 3.27. The fourth-order valence-corrected chi connectivity index (χ4v) is 3.28. The fourth-order valence-electron chi connectivity index (χ4n) is 3.28. The lowest BCUT2D eigenvalue weighted by Crippen LogP contribution is -2.45. The number of carboxylic acid groups (broad SMARTS) is 1. The number of amides is 1. The summed E-state index contributed by atoms with van der Waals surface area (Å²) >= 11 is 0. The van der Waals surface area contributed by atoms with Crippen molar-refractivity contribution in [1.82, 2.24) is 4.90 Å². The molecule has 112 valence electrons. The van der Waals surface area contributed by atoms with Gasteiger partial charge in [0.1, 0.15) is 6.04 Å². The number of hydrogen-bond acceptors (Lipinski definition) is 4. The molecule has 0 aromatic rings. The summed E-state index contributed by atoms with van der Waals surface area (Å²) in [4.78, 5) is 37.1. The molecule has 6 nitrogen and oxygen atoms in total. The highest BCUT2D eigenvalue weighted by atomic mass is 16.5. The van der Waals surface area contributed by atoms with Gasteiger partial charge in [0, 0.05) is 6.54 Å². The maximum Gasteiger partial charge on any atom is 0.328 e. The van der Waals surface area contributed by atoms with Crippen molar-refractivity contribution in [3.63, 3.8) is 0 Å². The van der Waals surface area contributed by atoms with E-state index in [1.54, 1.807) is 6.92 Å². The minimum Gasteiger partial charge on any atom is -0.481 e. The van der Waals surface area contributed by atoms with E-state index < -0.39 is 23.8 Å². The Kier molecular flexibility index (Phi) is 4.62. The lowest BCUT2D eigenvalue weighted by atomic mass is 9.94. The minimum atomic E-state index is -0.910. The zero-order chi connectivity index (χ0) is 14.7. The SMILES string of the molecule is CCOC(=O)C1CCCN1C(=O)C1CCCC1C(=O)O. The van der Waals surface area contributed by atoms with E-state index in [2.05, 4.69) is 0 Å². The van der Waals surface area contributed by atoms with Gasteiger partial charge in [-0.1, -0.05) is 6.42 Å². The third-order valence-electron chi connectivity index (χ3n) is 4.24. The van der Waals surface area contributed by atoms with Gasteiger partial charge in [-0.15, -0.1) is 0 Å². The second-order valence-corrected chi connectivity index (χ2v) is 5.42. The topological polar surface area (TPSA) is 83.9 Å². The molecule has 2 aliphatic rings. The molecule has 1 heterocycles. The number of likely N-dealkylation sites (tertiary alicyclic amines) is 1. The summed E-state index contributed by atoms with van der Waals surface area (Å²) in [5, 5.41) is 9.17. The zero-order valence-electron chi connectivity index (χ0n) is 11.7. The number of carbonyl (C=O) groups excluding carboxylic acids is 2. The van der Waals surface area contributed by atoms with Crippen LogP contribution in [0.5, 0.6) is 0 Å². The summed E-state index contributed by atoms with van der Waals surface area (Å²) in [7, 11) is 0. The van der Waals surface area contributed by atoms with Crippen LogP contribution in [-0.4, -0.2) is 47.0 Å². The van der Waals surface area contributed by atoms with Crippen LogP contribution in [-0.2, 0) is 19.1 Å². The number of hydrogen-bond donors (Lipinski definition) is 1. The summed E-state index contributed by atoms with van der Waals surface area (Å²) in [5.74, 6) is -2.56. The van der Waals surface area contributed by atoms with Gasteiger partial charge in [-0.2, -0.15) is 0 Å². The molecule has 0 radical (unpaired) electrons. The van der Waals surface area contributed by atoms with E-state index in [1.165, 1.54) is 4.90 Å². The molecule has 1 amide bonds. The standard InChI is InChI=1S/C14H21NO5/c1-2-20-14(19)11-7-4-8-15(11)12(16)9-5-3-6-10(9)13(17)18/h9-11H,2-8H2,1H3,(H,17,18). The normalized spacial score (nSPS) is 29.4. The molecule has 2 rings (SSSR count). The van der Waals surface area contributed by atoms with Gasteiger partial charge in [0.25, 0.3) is 0 Å². The average molecular weight is 283 g/mol. The first kappa shape index (κ1) is 14.8.